The van der Waals surface area contributed by atoms with E-state index >= 15 is 0 Å². The first-order chi connectivity index (χ1) is 24.8. The zero-order valence-corrected chi connectivity index (χ0v) is 27.0. The number of hydrogen-bond acceptors (Lipinski definition) is 19. The van der Waals surface area contributed by atoms with E-state index in [2.05, 4.69) is 0 Å². The van der Waals surface area contributed by atoms with Gasteiger partial charge in [-0.15, -0.1) is 0 Å². The first kappa shape index (κ1) is 38.4. The van der Waals surface area contributed by atoms with Gasteiger partial charge in [0.2, 0.25) is 5.43 Å². The van der Waals surface area contributed by atoms with Crippen molar-refractivity contribution < 1.29 is 89.4 Å². The lowest BCUT2D eigenvalue weighted by Gasteiger charge is -2.46. The number of benzene rings is 2. The van der Waals surface area contributed by atoms with Crippen molar-refractivity contribution in [2.45, 2.75) is 91.9 Å². The van der Waals surface area contributed by atoms with Gasteiger partial charge in [-0.3, -0.25) is 4.79 Å². The molecule has 3 aromatic rings. The third-order valence-electron chi connectivity index (χ3n) is 9.52. The molecule has 52 heavy (non-hydrogen) atoms. The Morgan fingerprint density at radius 3 is 1.92 bits per heavy atom. The van der Waals surface area contributed by atoms with Crippen LogP contribution >= 0.6 is 0 Å². The number of aromatic hydroxyl groups is 2. The van der Waals surface area contributed by atoms with Gasteiger partial charge >= 0.3 is 0 Å². The molecule has 0 spiro atoms. The van der Waals surface area contributed by atoms with Gasteiger partial charge in [0.05, 0.1) is 36.3 Å². The number of fused-ring (bicyclic) bond motifs is 1. The summed E-state index contributed by atoms with van der Waals surface area (Å²) in [5.41, 5.74) is -0.446. The van der Waals surface area contributed by atoms with Gasteiger partial charge < -0.3 is 89.4 Å². The molecule has 12 N–H and O–H groups in total. The van der Waals surface area contributed by atoms with E-state index in [1.165, 1.54) is 30.3 Å². The predicted octanol–water partition coefficient (Wildman–Crippen LogP) is -3.97. The monoisotopic (exact) mass is 740 g/mol. The average molecular weight is 741 g/mol. The Morgan fingerprint density at radius 2 is 1.25 bits per heavy atom. The Hall–Kier alpha value is -3.35. The van der Waals surface area contributed by atoms with E-state index in [9.17, 15) is 66.1 Å². The Kier molecular flexibility index (Phi) is 11.5. The van der Waals surface area contributed by atoms with Gasteiger partial charge in [0.25, 0.3) is 0 Å². The maximum Gasteiger partial charge on any atom is 0.200 e. The van der Waals surface area contributed by atoms with Crippen LogP contribution in [0.4, 0.5) is 0 Å². The van der Waals surface area contributed by atoms with Crippen molar-refractivity contribution in [1.82, 2.24) is 0 Å². The Labute approximate surface area is 293 Å². The van der Waals surface area contributed by atoms with Crippen molar-refractivity contribution in [3.8, 4) is 22.6 Å². The minimum absolute atomic E-state index is 0.0251. The highest BCUT2D eigenvalue weighted by Crippen LogP contribution is 2.41. The second-order valence-electron chi connectivity index (χ2n) is 12.8. The van der Waals surface area contributed by atoms with Crippen LogP contribution in [0.1, 0.15) is 11.7 Å². The molecule has 1 aromatic heterocycles. The molecule has 3 fully saturated rings. The number of aliphatic hydroxyl groups is 10. The van der Waals surface area contributed by atoms with Gasteiger partial charge in [0, 0.05) is 0 Å². The lowest BCUT2D eigenvalue weighted by Crippen LogP contribution is -2.65. The summed E-state index contributed by atoms with van der Waals surface area (Å²) in [5, 5.41) is 125. The zero-order valence-electron chi connectivity index (χ0n) is 27.0. The fourth-order valence-electron chi connectivity index (χ4n) is 6.54. The van der Waals surface area contributed by atoms with E-state index in [1.807, 2.05) is 0 Å². The molecule has 3 aliphatic rings. The fourth-order valence-corrected chi connectivity index (χ4v) is 6.54. The Morgan fingerprint density at radius 1 is 0.635 bits per heavy atom. The van der Waals surface area contributed by atoms with E-state index in [0.29, 0.717) is 5.56 Å². The molecule has 0 unspecified atom stereocenters. The SMILES string of the molecule is O=c1c(-c2ccc(O)cc2)coc2c([C@@H]3O[C@H](CO[C@H]4O[C@H](CO)[C@@H](O[C@H]5O[C@H](CO)[C@@H](O)[C@H](O)[C@H]5O)[C@H](O)[C@H]4O)[C@@H](O)[C@H](O)[C@H]3O)c(O)ccc12. The summed E-state index contributed by atoms with van der Waals surface area (Å²) in [5.74, 6) is -0.520. The molecule has 15 atom stereocenters. The van der Waals surface area contributed by atoms with Crippen molar-refractivity contribution in [2.24, 2.45) is 0 Å². The number of hydrogen-bond donors (Lipinski definition) is 12. The Balaban J connectivity index is 1.19. The molecule has 2 aromatic carbocycles. The van der Waals surface area contributed by atoms with E-state index in [1.54, 1.807) is 0 Å². The van der Waals surface area contributed by atoms with Crippen LogP contribution in [0.5, 0.6) is 11.5 Å². The minimum Gasteiger partial charge on any atom is -0.508 e. The number of phenols is 2. The average Bonchev–Trinajstić information content (AvgIpc) is 3.13. The summed E-state index contributed by atoms with van der Waals surface area (Å²) >= 11 is 0. The molecule has 6 rings (SSSR count). The van der Waals surface area contributed by atoms with Crippen molar-refractivity contribution in [3.05, 3.63) is 58.4 Å². The van der Waals surface area contributed by atoms with Gasteiger partial charge in [-0.1, -0.05) is 12.1 Å². The van der Waals surface area contributed by atoms with Gasteiger partial charge in [0.15, 0.2) is 12.6 Å². The van der Waals surface area contributed by atoms with Crippen LogP contribution in [0.3, 0.4) is 0 Å². The molecule has 0 aliphatic carbocycles. The molecule has 4 heterocycles. The fraction of sp³-hybridized carbons (Fsp3) is 0.545. The third-order valence-corrected chi connectivity index (χ3v) is 9.52. The normalized spacial score (nSPS) is 38.4. The molecule has 0 radical (unpaired) electrons. The lowest BCUT2D eigenvalue weighted by molar-refractivity contribution is -0.362. The maximum absolute atomic E-state index is 13.5. The molecule has 0 saturated carbocycles. The first-order valence-electron chi connectivity index (χ1n) is 16.2. The summed E-state index contributed by atoms with van der Waals surface area (Å²) < 4.78 is 33.6. The van der Waals surface area contributed by atoms with Crippen molar-refractivity contribution in [3.63, 3.8) is 0 Å². The number of aliphatic hydroxyl groups excluding tert-OH is 10. The minimum atomic E-state index is -1.93. The van der Waals surface area contributed by atoms with E-state index < -0.39 is 123 Å². The van der Waals surface area contributed by atoms with Crippen LogP contribution in [-0.4, -0.2) is 167 Å². The van der Waals surface area contributed by atoms with E-state index in [-0.39, 0.29) is 27.8 Å². The smallest absolute Gasteiger partial charge is 0.200 e. The van der Waals surface area contributed by atoms with Crippen LogP contribution in [0.15, 0.2) is 51.9 Å². The van der Waals surface area contributed by atoms with Crippen molar-refractivity contribution in [2.75, 3.05) is 19.8 Å². The quantitative estimate of drug-likeness (QED) is 0.0995. The van der Waals surface area contributed by atoms with E-state index in [4.69, 9.17) is 28.1 Å². The molecule has 3 saturated heterocycles. The van der Waals surface area contributed by atoms with Crippen LogP contribution in [-0.2, 0) is 23.7 Å². The molecule has 0 bridgehead atoms. The molecule has 19 nitrogen and oxygen atoms in total. The summed E-state index contributed by atoms with van der Waals surface area (Å²) in [6.45, 7) is -2.30. The molecule has 0 amide bonds. The number of ether oxygens (including phenoxy) is 5. The topological polar surface area (TPSA) is 319 Å². The second kappa shape index (κ2) is 15.6. The zero-order chi connectivity index (χ0) is 37.6. The van der Waals surface area contributed by atoms with Crippen molar-refractivity contribution in [1.29, 1.82) is 0 Å². The summed E-state index contributed by atoms with van der Waals surface area (Å²) in [6, 6.07) is 8.17. The van der Waals surface area contributed by atoms with Gasteiger partial charge in [-0.25, -0.2) is 0 Å². The highest BCUT2D eigenvalue weighted by molar-refractivity contribution is 5.86. The maximum atomic E-state index is 13.5. The van der Waals surface area contributed by atoms with E-state index in [0.717, 1.165) is 12.3 Å². The summed E-state index contributed by atoms with van der Waals surface area (Å²) in [7, 11) is 0. The second-order valence-corrected chi connectivity index (χ2v) is 12.8. The standard InChI is InChI=1S/C33H40O19/c34-7-16-21(39)24(42)27(45)33(50-16)52-30-17(8-35)51-32(28(46)26(30)44)48-10-18-22(40)23(41)25(43)31(49-18)19-15(37)6-5-13-20(38)14(9-47-29(13)19)11-1-3-12(36)4-2-11/h1-6,9,16-18,21-28,30-37,39-46H,7-8,10H2/t16-,17-,18-,21-,22-,23+,24+,25-,26-,27-,28-,30-,31+,32+,33-/m1/s1. The predicted molar refractivity (Wildman–Crippen MR) is 169 cm³/mol. The first-order valence-corrected chi connectivity index (χ1v) is 16.2. The molecule has 3 aliphatic heterocycles. The van der Waals surface area contributed by atoms with Crippen LogP contribution in [0.2, 0.25) is 0 Å². The largest absolute Gasteiger partial charge is 0.508 e. The van der Waals surface area contributed by atoms with Gasteiger partial charge in [-0.05, 0) is 29.8 Å². The number of phenolic OH excluding ortho intramolecular Hbond substituents is 2. The van der Waals surface area contributed by atoms with Crippen LogP contribution in [0.25, 0.3) is 22.1 Å². The molecule has 286 valence electrons. The third kappa shape index (κ3) is 7.02. The lowest BCUT2D eigenvalue weighted by atomic mass is 9.89. The summed E-state index contributed by atoms with van der Waals surface area (Å²) in [6.07, 6.45) is -24.8. The molecular weight excluding hydrogens is 700 g/mol. The van der Waals surface area contributed by atoms with Crippen molar-refractivity contribution >= 4 is 11.0 Å². The molecular formula is C33H40O19. The number of rotatable bonds is 9. The van der Waals surface area contributed by atoms with Gasteiger partial charge in [0.1, 0.15) is 103 Å². The highest BCUT2D eigenvalue weighted by atomic mass is 16.7. The Bertz CT molecular complexity index is 1730. The summed E-state index contributed by atoms with van der Waals surface area (Å²) in [4.78, 5) is 13.5. The molecule has 19 heteroatoms. The van der Waals surface area contributed by atoms with Gasteiger partial charge in [-0.2, -0.15) is 0 Å². The van der Waals surface area contributed by atoms with Crippen LogP contribution < -0.4 is 5.43 Å². The van der Waals surface area contributed by atoms with Crippen LogP contribution in [0, 0.1) is 0 Å². The highest BCUT2D eigenvalue weighted by Gasteiger charge is 2.52.